The lowest BCUT2D eigenvalue weighted by Crippen LogP contribution is -2.37. The summed E-state index contributed by atoms with van der Waals surface area (Å²) in [5, 5.41) is 0. The lowest BCUT2D eigenvalue weighted by atomic mass is 10.0. The summed E-state index contributed by atoms with van der Waals surface area (Å²) >= 11 is 0. The SMILES string of the molecule is CCOC(=O)CN(CC(=O)OCC)Cc1cc(CCCCCCCN2C(=O)c3ccccc3C2=O)cc(CN(CC(=O)OCC)CC(=O)OCC)n1. The van der Waals surface area contributed by atoms with Crippen LogP contribution in [0.1, 0.15) is 97.5 Å². The van der Waals surface area contributed by atoms with E-state index in [0.717, 1.165) is 31.2 Å². The molecule has 0 aliphatic carbocycles. The number of carbonyl (C=O) groups excluding carboxylic acids is 6. The third kappa shape index (κ3) is 13.8. The van der Waals surface area contributed by atoms with Crippen LogP contribution < -0.4 is 0 Å². The molecule has 2 heterocycles. The van der Waals surface area contributed by atoms with Crippen LogP contribution in [0.4, 0.5) is 0 Å². The van der Waals surface area contributed by atoms with Gasteiger partial charge < -0.3 is 18.9 Å². The van der Waals surface area contributed by atoms with Gasteiger partial charge in [0, 0.05) is 19.6 Å². The van der Waals surface area contributed by atoms with Gasteiger partial charge in [0.1, 0.15) is 0 Å². The smallest absolute Gasteiger partial charge is 0.320 e. The monoisotopic (exact) mass is 724 g/mol. The van der Waals surface area contributed by atoms with Gasteiger partial charge in [0.15, 0.2) is 0 Å². The van der Waals surface area contributed by atoms with Crippen molar-refractivity contribution in [3.63, 3.8) is 0 Å². The topological polar surface area (TPSA) is 162 Å². The number of hydrogen-bond donors (Lipinski definition) is 0. The Balaban J connectivity index is 1.70. The first-order valence-corrected chi connectivity index (χ1v) is 18.1. The van der Waals surface area contributed by atoms with E-state index in [2.05, 4.69) is 0 Å². The van der Waals surface area contributed by atoms with Gasteiger partial charge in [-0.25, -0.2) is 0 Å². The van der Waals surface area contributed by atoms with Crippen molar-refractivity contribution in [3.05, 3.63) is 64.5 Å². The number of benzene rings is 1. The number of ether oxygens (including phenoxy) is 4. The van der Waals surface area contributed by atoms with Crippen molar-refractivity contribution in [2.24, 2.45) is 0 Å². The Morgan fingerprint density at radius 2 is 0.981 bits per heavy atom. The second kappa shape index (κ2) is 22.3. The summed E-state index contributed by atoms with van der Waals surface area (Å²) in [6, 6.07) is 10.7. The maximum absolute atomic E-state index is 12.6. The molecule has 14 heteroatoms. The zero-order valence-electron chi connectivity index (χ0n) is 30.9. The number of hydrogen-bond acceptors (Lipinski definition) is 13. The van der Waals surface area contributed by atoms with Crippen LogP contribution in [0.5, 0.6) is 0 Å². The summed E-state index contributed by atoms with van der Waals surface area (Å²) in [4.78, 5) is 84.3. The van der Waals surface area contributed by atoms with E-state index < -0.39 is 23.9 Å². The molecule has 2 amide bonds. The van der Waals surface area contributed by atoms with E-state index in [9.17, 15) is 28.8 Å². The van der Waals surface area contributed by atoms with Crippen molar-refractivity contribution in [3.8, 4) is 0 Å². The molecule has 1 aliphatic heterocycles. The molecule has 1 aliphatic rings. The molecule has 1 aromatic heterocycles. The standard InChI is InChI=1S/C38H52N4O10/c1-5-49-33(43)24-40(25-34(44)50-6-2)22-29-20-28(21-30(39-29)23-41(26-35(45)51-7-3)27-36(46)52-8-4)16-12-10-9-11-15-19-42-37(47)31-17-13-14-18-32(31)38(42)48/h13-14,17-18,20-21H,5-12,15-16,19,22-27H2,1-4H3. The zero-order chi connectivity index (χ0) is 37.9. The van der Waals surface area contributed by atoms with Crippen LogP contribution in [0, 0.1) is 0 Å². The van der Waals surface area contributed by atoms with Crippen molar-refractivity contribution in [1.82, 2.24) is 19.7 Å². The molecule has 3 rings (SSSR count). The number of rotatable bonds is 24. The number of carbonyl (C=O) groups is 6. The highest BCUT2D eigenvalue weighted by molar-refractivity contribution is 6.21. The van der Waals surface area contributed by atoms with Gasteiger partial charge in [-0.2, -0.15) is 0 Å². The Bertz CT molecular complexity index is 1390. The molecule has 52 heavy (non-hydrogen) atoms. The molecule has 0 atom stereocenters. The van der Waals surface area contributed by atoms with Gasteiger partial charge >= 0.3 is 23.9 Å². The molecule has 0 saturated heterocycles. The minimum absolute atomic E-state index is 0.145. The van der Waals surface area contributed by atoms with Gasteiger partial charge in [-0.3, -0.25) is 48.5 Å². The van der Waals surface area contributed by atoms with Crippen molar-refractivity contribution in [2.75, 3.05) is 59.2 Å². The van der Waals surface area contributed by atoms with Gasteiger partial charge in [-0.05, 0) is 76.8 Å². The number of imide groups is 1. The average Bonchev–Trinajstić information content (AvgIpc) is 3.33. The zero-order valence-corrected chi connectivity index (χ0v) is 30.9. The van der Waals surface area contributed by atoms with E-state index in [4.69, 9.17) is 23.9 Å². The summed E-state index contributed by atoms with van der Waals surface area (Å²) in [5.74, 6) is -2.42. The Kier molecular flexibility index (Phi) is 17.9. The van der Waals surface area contributed by atoms with Crippen LogP contribution in [-0.2, 0) is 57.6 Å². The molecule has 1 aromatic carbocycles. The minimum Gasteiger partial charge on any atom is -0.465 e. The molecular weight excluding hydrogens is 672 g/mol. The van der Waals surface area contributed by atoms with Crippen LogP contribution in [0.15, 0.2) is 36.4 Å². The number of pyridine rings is 1. The summed E-state index contributed by atoms with van der Waals surface area (Å²) in [6.07, 6.45) is 4.93. The van der Waals surface area contributed by atoms with Gasteiger partial charge in [0.05, 0.1) is 75.1 Å². The number of amides is 2. The largest absolute Gasteiger partial charge is 0.465 e. The van der Waals surface area contributed by atoms with E-state index >= 15 is 0 Å². The van der Waals surface area contributed by atoms with E-state index in [-0.39, 0.29) is 77.5 Å². The Labute approximate surface area is 305 Å². The van der Waals surface area contributed by atoms with Crippen LogP contribution in [0.25, 0.3) is 0 Å². The summed E-state index contributed by atoms with van der Waals surface area (Å²) in [6.45, 7) is 7.70. The lowest BCUT2D eigenvalue weighted by molar-refractivity contribution is -0.150. The first-order valence-electron chi connectivity index (χ1n) is 18.1. The van der Waals surface area contributed by atoms with Crippen LogP contribution >= 0.6 is 0 Å². The molecular formula is C38H52N4O10. The number of fused-ring (bicyclic) bond motifs is 1. The molecule has 0 spiro atoms. The van der Waals surface area contributed by atoms with Crippen molar-refractivity contribution < 1.29 is 47.7 Å². The van der Waals surface area contributed by atoms with Gasteiger partial charge in [-0.15, -0.1) is 0 Å². The fourth-order valence-corrected chi connectivity index (χ4v) is 5.95. The van der Waals surface area contributed by atoms with Crippen LogP contribution in [-0.4, -0.2) is 115 Å². The minimum atomic E-state index is -0.485. The van der Waals surface area contributed by atoms with Crippen LogP contribution in [0.3, 0.4) is 0 Å². The number of aryl methyl sites for hydroxylation is 1. The van der Waals surface area contributed by atoms with E-state index in [1.54, 1.807) is 61.8 Å². The molecule has 0 saturated carbocycles. The average molecular weight is 725 g/mol. The maximum atomic E-state index is 12.6. The van der Waals surface area contributed by atoms with E-state index in [1.165, 1.54) is 4.90 Å². The first-order chi connectivity index (χ1) is 25.1. The normalized spacial score (nSPS) is 12.3. The van der Waals surface area contributed by atoms with Gasteiger partial charge in [-0.1, -0.05) is 31.4 Å². The molecule has 2 aromatic rings. The fourth-order valence-electron chi connectivity index (χ4n) is 5.95. The number of nitrogens with zero attached hydrogens (tertiary/aromatic N) is 4. The molecule has 0 unspecified atom stereocenters. The predicted molar refractivity (Wildman–Crippen MR) is 190 cm³/mol. The Morgan fingerprint density at radius 1 is 0.596 bits per heavy atom. The Morgan fingerprint density at radius 3 is 1.38 bits per heavy atom. The molecule has 0 radical (unpaired) electrons. The van der Waals surface area contributed by atoms with Crippen molar-refractivity contribution in [2.45, 2.75) is 79.3 Å². The van der Waals surface area contributed by atoms with E-state index in [0.29, 0.717) is 41.9 Å². The summed E-state index contributed by atoms with van der Waals surface area (Å²) in [7, 11) is 0. The molecule has 0 bridgehead atoms. The molecule has 0 N–H and O–H groups in total. The summed E-state index contributed by atoms with van der Waals surface area (Å²) < 4.78 is 20.5. The fraction of sp³-hybridized carbons (Fsp3) is 0.553. The highest BCUT2D eigenvalue weighted by Crippen LogP contribution is 2.23. The summed E-state index contributed by atoms with van der Waals surface area (Å²) in [5.41, 5.74) is 3.06. The maximum Gasteiger partial charge on any atom is 0.320 e. The highest BCUT2D eigenvalue weighted by atomic mass is 16.5. The van der Waals surface area contributed by atoms with Gasteiger partial charge in [0.2, 0.25) is 0 Å². The molecule has 0 fully saturated rings. The number of unbranched alkanes of at least 4 members (excludes halogenated alkanes) is 4. The quantitative estimate of drug-likeness (QED) is 0.0667. The second-order valence-corrected chi connectivity index (χ2v) is 12.3. The van der Waals surface area contributed by atoms with Crippen molar-refractivity contribution >= 4 is 35.7 Å². The lowest BCUT2D eigenvalue weighted by Gasteiger charge is -2.22. The highest BCUT2D eigenvalue weighted by Gasteiger charge is 2.34. The Hall–Kier alpha value is -4.69. The van der Waals surface area contributed by atoms with Crippen molar-refractivity contribution in [1.29, 1.82) is 0 Å². The van der Waals surface area contributed by atoms with Crippen LogP contribution in [0.2, 0.25) is 0 Å². The number of aromatic nitrogens is 1. The predicted octanol–water partition coefficient (Wildman–Crippen LogP) is 3.73. The molecule has 14 nitrogen and oxygen atoms in total. The third-order valence-electron chi connectivity index (χ3n) is 8.12. The second-order valence-electron chi connectivity index (χ2n) is 12.3. The third-order valence-corrected chi connectivity index (χ3v) is 8.12. The first kappa shape index (κ1) is 41.7. The van der Waals surface area contributed by atoms with Gasteiger partial charge in [0.25, 0.3) is 11.8 Å². The molecule has 284 valence electrons. The number of esters is 4. The van der Waals surface area contributed by atoms with E-state index in [1.807, 2.05) is 12.1 Å².